The molecule has 0 aliphatic heterocycles. The average molecular weight is 468 g/mol. The predicted molar refractivity (Wildman–Crippen MR) is 97.1 cm³/mol. The fourth-order valence-electron chi connectivity index (χ4n) is 4.02. The number of hydrogen-bond acceptors (Lipinski definition) is 0. The molecule has 2 aliphatic rings. The molecule has 1 saturated carbocycles. The van der Waals surface area contributed by atoms with Gasteiger partial charge in [0.25, 0.3) is 0 Å². The molecule has 0 N–H and O–H groups in total. The first kappa shape index (κ1) is 15.1. The van der Waals surface area contributed by atoms with E-state index in [1.165, 1.54) is 16.4 Å². The minimum absolute atomic E-state index is 0.390. The summed E-state index contributed by atoms with van der Waals surface area (Å²) in [6, 6.07) is 0. The lowest BCUT2D eigenvalue weighted by molar-refractivity contribution is 0.187. The van der Waals surface area contributed by atoms with Crippen molar-refractivity contribution < 1.29 is 0 Å². The van der Waals surface area contributed by atoms with E-state index in [1.54, 1.807) is 3.58 Å². The third-order valence-electron chi connectivity index (χ3n) is 4.95. The zero-order valence-electron chi connectivity index (χ0n) is 11.4. The second-order valence-corrected chi connectivity index (χ2v) is 9.36. The Hall–Kier alpha value is 0.680. The Labute approximate surface area is 139 Å². The van der Waals surface area contributed by atoms with Crippen LogP contribution in [-0.4, -0.2) is 0 Å². The van der Waals surface area contributed by atoms with Crippen LogP contribution in [0.4, 0.5) is 0 Å². The Balaban J connectivity index is 2.39. The summed E-state index contributed by atoms with van der Waals surface area (Å²) in [5.41, 5.74) is 0.390. The summed E-state index contributed by atoms with van der Waals surface area (Å²) in [7, 11) is 0. The molecule has 0 aromatic carbocycles. The van der Waals surface area contributed by atoms with Crippen molar-refractivity contribution in [1.82, 2.24) is 0 Å². The van der Waals surface area contributed by atoms with Crippen molar-refractivity contribution in [2.24, 2.45) is 29.1 Å². The van der Waals surface area contributed by atoms with E-state index in [0.29, 0.717) is 17.3 Å². The van der Waals surface area contributed by atoms with Gasteiger partial charge >= 0.3 is 0 Å². The van der Waals surface area contributed by atoms with Gasteiger partial charge in [0.05, 0.1) is 0 Å². The molecule has 0 saturated heterocycles. The Morgan fingerprint density at radius 3 is 2.72 bits per heavy atom. The van der Waals surface area contributed by atoms with Gasteiger partial charge in [0.2, 0.25) is 0 Å². The number of rotatable bonds is 2. The Morgan fingerprint density at radius 2 is 2.17 bits per heavy atom. The van der Waals surface area contributed by atoms with Crippen LogP contribution in [0.25, 0.3) is 0 Å². The number of allylic oxidation sites excluding steroid dienone is 5. The van der Waals surface area contributed by atoms with Crippen LogP contribution in [-0.2, 0) is 0 Å². The van der Waals surface area contributed by atoms with Crippen molar-refractivity contribution in [3.63, 3.8) is 0 Å². The number of hydrogen-bond donors (Lipinski definition) is 0. The lowest BCUT2D eigenvalue weighted by atomic mass is 9.71. The summed E-state index contributed by atoms with van der Waals surface area (Å²) in [6.45, 7) is 11.3. The molecule has 18 heavy (non-hydrogen) atoms. The van der Waals surface area contributed by atoms with Gasteiger partial charge in [-0.25, -0.2) is 0 Å². The molecule has 0 aromatic heterocycles. The monoisotopic (exact) mass is 468 g/mol. The Bertz CT molecular complexity index is 399. The highest BCUT2D eigenvalue weighted by Crippen LogP contribution is 2.60. The third kappa shape index (κ3) is 2.60. The zero-order chi connectivity index (χ0) is 13.5. The van der Waals surface area contributed by atoms with Crippen LogP contribution >= 0.6 is 45.2 Å². The van der Waals surface area contributed by atoms with Crippen molar-refractivity contribution in [2.75, 3.05) is 0 Å². The Kier molecular flexibility index (Phi) is 4.68. The first-order chi connectivity index (χ1) is 8.37. The highest BCUT2D eigenvalue weighted by molar-refractivity contribution is 14.1. The molecule has 0 amide bonds. The standard InChI is InChI=1S/C16H22I2/c1-5-12-13-7-6-11(18)9-15(13)16(3,4)14(12)8-10(2)17/h5-6,8,12-15H,1,7,9H2,2-4H3/b10-8+. The van der Waals surface area contributed by atoms with Crippen LogP contribution in [0, 0.1) is 29.1 Å². The molecule has 0 radical (unpaired) electrons. The van der Waals surface area contributed by atoms with Crippen molar-refractivity contribution in [1.29, 1.82) is 0 Å². The van der Waals surface area contributed by atoms with Gasteiger partial charge < -0.3 is 0 Å². The summed E-state index contributed by atoms with van der Waals surface area (Å²) in [4.78, 5) is 0. The van der Waals surface area contributed by atoms with Gasteiger partial charge in [0.1, 0.15) is 0 Å². The fraction of sp³-hybridized carbons (Fsp3) is 0.625. The minimum atomic E-state index is 0.390. The highest BCUT2D eigenvalue weighted by atomic mass is 127. The largest absolute Gasteiger partial charge is 0.103 e. The molecule has 100 valence electrons. The molecule has 0 heterocycles. The van der Waals surface area contributed by atoms with Crippen molar-refractivity contribution in [3.8, 4) is 0 Å². The van der Waals surface area contributed by atoms with E-state index in [-0.39, 0.29) is 0 Å². The molecule has 2 heteroatoms. The SMILES string of the molecule is C=CC1C2CC=C(I)CC2C(C)(C)C1/C=C(\C)I. The van der Waals surface area contributed by atoms with Crippen LogP contribution in [0.2, 0.25) is 0 Å². The van der Waals surface area contributed by atoms with Gasteiger partial charge in [-0.3, -0.25) is 0 Å². The molecule has 4 atom stereocenters. The highest BCUT2D eigenvalue weighted by Gasteiger charge is 2.53. The molecular formula is C16H22I2. The van der Waals surface area contributed by atoms with Crippen molar-refractivity contribution in [2.45, 2.75) is 33.6 Å². The van der Waals surface area contributed by atoms with Crippen LogP contribution in [0.15, 0.2) is 32.0 Å². The van der Waals surface area contributed by atoms with E-state index in [9.17, 15) is 0 Å². The molecule has 0 nitrogen and oxygen atoms in total. The van der Waals surface area contributed by atoms with Gasteiger partial charge in [0, 0.05) is 0 Å². The van der Waals surface area contributed by atoms with Crippen LogP contribution in [0.1, 0.15) is 33.6 Å². The van der Waals surface area contributed by atoms with E-state index in [2.05, 4.69) is 90.8 Å². The van der Waals surface area contributed by atoms with Crippen LogP contribution < -0.4 is 0 Å². The van der Waals surface area contributed by atoms with E-state index >= 15 is 0 Å². The average Bonchev–Trinajstić information content (AvgIpc) is 2.48. The molecule has 4 unspecified atom stereocenters. The number of halogens is 2. The molecule has 2 rings (SSSR count). The minimum Gasteiger partial charge on any atom is -0.103 e. The van der Waals surface area contributed by atoms with E-state index < -0.39 is 0 Å². The smallest absolute Gasteiger partial charge is 0.0103 e. The van der Waals surface area contributed by atoms with Crippen molar-refractivity contribution >= 4 is 45.2 Å². The first-order valence-corrected chi connectivity index (χ1v) is 8.84. The fourth-order valence-corrected chi connectivity index (χ4v) is 5.13. The maximum absolute atomic E-state index is 4.12. The van der Waals surface area contributed by atoms with E-state index in [0.717, 1.165) is 11.8 Å². The van der Waals surface area contributed by atoms with E-state index in [1.807, 2.05) is 0 Å². The molecule has 0 spiro atoms. The first-order valence-electron chi connectivity index (χ1n) is 6.69. The second-order valence-electron chi connectivity index (χ2n) is 6.27. The van der Waals surface area contributed by atoms with Gasteiger partial charge in [-0.05, 0) is 101 Å². The summed E-state index contributed by atoms with van der Waals surface area (Å²) in [5.74, 6) is 2.91. The molecular weight excluding hydrogens is 446 g/mol. The second kappa shape index (κ2) is 5.58. The maximum atomic E-state index is 4.12. The lowest BCUT2D eigenvalue weighted by Gasteiger charge is -2.35. The van der Waals surface area contributed by atoms with Gasteiger partial charge in [0.15, 0.2) is 0 Å². The maximum Gasteiger partial charge on any atom is -0.0103 e. The zero-order valence-corrected chi connectivity index (χ0v) is 15.7. The third-order valence-corrected chi connectivity index (χ3v) is 6.19. The predicted octanol–water partition coefficient (Wildman–Crippen LogP) is 6.13. The quantitative estimate of drug-likeness (QED) is 0.338. The van der Waals surface area contributed by atoms with Gasteiger partial charge in [-0.2, -0.15) is 0 Å². The summed E-state index contributed by atoms with van der Waals surface area (Å²) < 4.78 is 2.97. The lowest BCUT2D eigenvalue weighted by Crippen LogP contribution is -2.27. The molecule has 1 fully saturated rings. The van der Waals surface area contributed by atoms with E-state index in [4.69, 9.17) is 0 Å². The van der Waals surface area contributed by atoms with Gasteiger partial charge in [-0.1, -0.05) is 32.1 Å². The molecule has 0 bridgehead atoms. The van der Waals surface area contributed by atoms with Gasteiger partial charge in [-0.15, -0.1) is 6.58 Å². The summed E-state index contributed by atoms with van der Waals surface area (Å²) >= 11 is 4.97. The normalized spacial score (nSPS) is 39.2. The van der Waals surface area contributed by atoms with Crippen LogP contribution in [0.5, 0.6) is 0 Å². The molecule has 2 aliphatic carbocycles. The Morgan fingerprint density at radius 1 is 1.50 bits per heavy atom. The topological polar surface area (TPSA) is 0 Å². The summed E-state index contributed by atoms with van der Waals surface area (Å²) in [6.07, 6.45) is 9.66. The summed E-state index contributed by atoms with van der Waals surface area (Å²) in [5, 5.41) is 0. The van der Waals surface area contributed by atoms with Crippen LogP contribution in [0.3, 0.4) is 0 Å². The van der Waals surface area contributed by atoms with Crippen molar-refractivity contribution in [3.05, 3.63) is 32.0 Å². The molecule has 0 aromatic rings. The number of fused-ring (bicyclic) bond motifs is 1.